The zero-order valence-corrected chi connectivity index (χ0v) is 21.3. The predicted octanol–water partition coefficient (Wildman–Crippen LogP) is 3.92. The molecule has 0 spiro atoms. The molecule has 2 saturated carbocycles. The maximum atomic E-state index is 12.9. The van der Waals surface area contributed by atoms with Crippen molar-refractivity contribution in [1.29, 1.82) is 0 Å². The van der Waals surface area contributed by atoms with Gasteiger partial charge < -0.3 is 14.8 Å². The van der Waals surface area contributed by atoms with E-state index in [-0.39, 0.29) is 30.0 Å². The highest BCUT2D eigenvalue weighted by atomic mass is 32.2. The summed E-state index contributed by atoms with van der Waals surface area (Å²) in [4.78, 5) is 28.9. The van der Waals surface area contributed by atoms with Crippen LogP contribution in [0.1, 0.15) is 53.1 Å². The van der Waals surface area contributed by atoms with Gasteiger partial charge in [-0.05, 0) is 56.1 Å². The van der Waals surface area contributed by atoms with E-state index in [4.69, 9.17) is 4.42 Å². The van der Waals surface area contributed by atoms with Crippen LogP contribution in [0, 0.1) is 18.8 Å². The summed E-state index contributed by atoms with van der Waals surface area (Å²) >= 11 is 0. The smallest absolute Gasteiger partial charge is 0.306 e. The molecule has 2 aromatic heterocycles. The maximum absolute atomic E-state index is 12.9. The van der Waals surface area contributed by atoms with Crippen molar-refractivity contribution in [2.75, 3.05) is 24.2 Å². The number of aromatic nitrogens is 1. The van der Waals surface area contributed by atoms with Gasteiger partial charge in [0.1, 0.15) is 11.6 Å². The molecule has 10 heteroatoms. The first-order chi connectivity index (χ1) is 17.1. The second kappa shape index (κ2) is 8.92. The van der Waals surface area contributed by atoms with Gasteiger partial charge in [-0.3, -0.25) is 13.9 Å². The average molecular weight is 512 g/mol. The van der Waals surface area contributed by atoms with Gasteiger partial charge >= 0.3 is 5.97 Å². The van der Waals surface area contributed by atoms with Gasteiger partial charge in [0.2, 0.25) is 15.7 Å². The van der Waals surface area contributed by atoms with Crippen LogP contribution in [0.25, 0.3) is 22.4 Å². The Balaban J connectivity index is 1.63. The summed E-state index contributed by atoms with van der Waals surface area (Å²) in [6.07, 6.45) is 3.93. The number of hydrogen-bond donors (Lipinski definition) is 2. The number of aryl methyl sites for hydroxylation is 1. The standard InChI is InChI=1S/C26H29N3O6S/c1-14-4-6-16(7-5-14)22-21(24(30)27-2)20-13-18(15-8-9-15)23(28-25(20)35-22)29(36(3,33)34)11-10-17-12-19(17)26(31)32/h4-7,13,15,17,19H,8-12H2,1-3H3,(H,27,30)(H,31,32)/t17-,19?/m0/s1. The summed E-state index contributed by atoms with van der Waals surface area (Å²) in [5, 5.41) is 12.4. The molecule has 0 bridgehead atoms. The number of rotatable bonds is 9. The van der Waals surface area contributed by atoms with Crippen LogP contribution in [0.5, 0.6) is 0 Å². The summed E-state index contributed by atoms with van der Waals surface area (Å²) in [6.45, 7) is 2.11. The van der Waals surface area contributed by atoms with Gasteiger partial charge in [-0.15, -0.1) is 0 Å². The van der Waals surface area contributed by atoms with Crippen LogP contribution in [0.4, 0.5) is 5.82 Å². The highest BCUT2D eigenvalue weighted by Crippen LogP contribution is 2.47. The fourth-order valence-electron chi connectivity index (χ4n) is 4.76. The molecule has 0 aliphatic heterocycles. The van der Waals surface area contributed by atoms with E-state index >= 15 is 0 Å². The Morgan fingerprint density at radius 3 is 2.47 bits per heavy atom. The predicted molar refractivity (Wildman–Crippen MR) is 136 cm³/mol. The van der Waals surface area contributed by atoms with Crippen LogP contribution in [-0.2, 0) is 14.8 Å². The van der Waals surface area contributed by atoms with Gasteiger partial charge in [-0.1, -0.05) is 29.8 Å². The van der Waals surface area contributed by atoms with E-state index in [1.165, 1.54) is 4.31 Å². The Bertz CT molecular complexity index is 1460. The molecule has 2 fully saturated rings. The number of anilines is 1. The van der Waals surface area contributed by atoms with Crippen molar-refractivity contribution >= 4 is 38.8 Å². The van der Waals surface area contributed by atoms with E-state index in [1.54, 1.807) is 7.05 Å². The number of carbonyl (C=O) groups is 2. The molecule has 0 radical (unpaired) electrons. The zero-order chi connectivity index (χ0) is 25.8. The Morgan fingerprint density at radius 2 is 1.92 bits per heavy atom. The molecule has 2 heterocycles. The second-order valence-corrected chi connectivity index (χ2v) is 11.8. The van der Waals surface area contributed by atoms with E-state index in [1.807, 2.05) is 37.3 Å². The number of amides is 1. The fourth-order valence-corrected chi connectivity index (χ4v) is 5.66. The summed E-state index contributed by atoms with van der Waals surface area (Å²) in [6, 6.07) is 9.45. The Labute approximate surface area is 209 Å². The molecule has 0 saturated heterocycles. The molecule has 2 atom stereocenters. The number of carboxylic acids is 1. The maximum Gasteiger partial charge on any atom is 0.306 e. The van der Waals surface area contributed by atoms with Crippen LogP contribution in [0.15, 0.2) is 34.7 Å². The van der Waals surface area contributed by atoms with Crippen molar-refractivity contribution in [1.82, 2.24) is 10.3 Å². The number of hydrogen-bond acceptors (Lipinski definition) is 6. The fraction of sp³-hybridized carbons (Fsp3) is 0.423. The van der Waals surface area contributed by atoms with Gasteiger partial charge in [0.15, 0.2) is 0 Å². The minimum absolute atomic E-state index is 0.0449. The molecule has 2 aliphatic rings. The van der Waals surface area contributed by atoms with Gasteiger partial charge in [-0.25, -0.2) is 8.42 Å². The lowest BCUT2D eigenvalue weighted by molar-refractivity contribution is -0.138. The molecule has 1 amide bonds. The molecule has 2 aliphatic carbocycles. The van der Waals surface area contributed by atoms with Gasteiger partial charge in [0.25, 0.3) is 5.91 Å². The number of aliphatic carboxylic acids is 1. The number of carboxylic acid groups (broad SMARTS) is 1. The number of nitrogens with one attached hydrogen (secondary N) is 1. The molecule has 1 unspecified atom stereocenters. The Morgan fingerprint density at radius 1 is 1.22 bits per heavy atom. The Kier molecular flexibility index (Phi) is 6.02. The van der Waals surface area contributed by atoms with Gasteiger partial charge in [-0.2, -0.15) is 4.98 Å². The minimum Gasteiger partial charge on any atom is -0.481 e. The van der Waals surface area contributed by atoms with E-state index in [9.17, 15) is 23.1 Å². The molecule has 9 nitrogen and oxygen atoms in total. The zero-order valence-electron chi connectivity index (χ0n) is 20.4. The first kappa shape index (κ1) is 24.3. The normalized spacial score (nSPS) is 19.3. The quantitative estimate of drug-likeness (QED) is 0.445. The SMILES string of the molecule is CNC(=O)c1c(-c2ccc(C)cc2)oc2nc(N(CC[C@H]3CC3C(=O)O)S(C)(=O)=O)c(C3CC3)cc12. The van der Waals surface area contributed by atoms with Crippen LogP contribution in [0.3, 0.4) is 0 Å². The molecule has 1 aromatic carbocycles. The molecule has 3 aromatic rings. The summed E-state index contributed by atoms with van der Waals surface area (Å²) in [5.41, 5.74) is 3.11. The molecule has 5 rings (SSSR count). The lowest BCUT2D eigenvalue weighted by Crippen LogP contribution is -2.33. The van der Waals surface area contributed by atoms with Crippen LogP contribution in [0.2, 0.25) is 0 Å². The van der Waals surface area contributed by atoms with E-state index in [0.717, 1.165) is 35.8 Å². The molecular formula is C26H29N3O6S. The second-order valence-electron chi connectivity index (χ2n) is 9.84. The molecule has 2 N–H and O–H groups in total. The summed E-state index contributed by atoms with van der Waals surface area (Å²) in [5.74, 6) is -0.793. The average Bonchev–Trinajstić information content (AvgIpc) is 3.75. The highest BCUT2D eigenvalue weighted by Gasteiger charge is 2.43. The first-order valence-electron chi connectivity index (χ1n) is 12.1. The number of fused-ring (bicyclic) bond motifs is 1. The van der Waals surface area contributed by atoms with Crippen molar-refractivity contribution in [3.63, 3.8) is 0 Å². The lowest BCUT2D eigenvalue weighted by Gasteiger charge is -2.24. The van der Waals surface area contributed by atoms with Crippen LogP contribution in [-0.4, -0.2) is 50.2 Å². The molecule has 36 heavy (non-hydrogen) atoms. The van der Waals surface area contributed by atoms with Crippen molar-refractivity contribution in [2.45, 2.75) is 38.5 Å². The number of carbonyl (C=O) groups excluding carboxylic acids is 1. The third kappa shape index (κ3) is 4.57. The van der Waals surface area contributed by atoms with E-state index in [2.05, 4.69) is 10.3 Å². The van der Waals surface area contributed by atoms with Crippen molar-refractivity contribution in [3.8, 4) is 11.3 Å². The topological polar surface area (TPSA) is 130 Å². The van der Waals surface area contributed by atoms with Crippen molar-refractivity contribution in [2.24, 2.45) is 11.8 Å². The number of pyridine rings is 1. The third-order valence-corrected chi connectivity index (χ3v) is 8.21. The third-order valence-electron chi connectivity index (χ3n) is 7.06. The number of nitrogens with zero attached hydrogens (tertiary/aromatic N) is 2. The summed E-state index contributed by atoms with van der Waals surface area (Å²) < 4.78 is 33.1. The monoisotopic (exact) mass is 511 g/mol. The van der Waals surface area contributed by atoms with Gasteiger partial charge in [0.05, 0.1) is 23.1 Å². The highest BCUT2D eigenvalue weighted by molar-refractivity contribution is 7.92. The van der Waals surface area contributed by atoms with Crippen LogP contribution < -0.4 is 9.62 Å². The van der Waals surface area contributed by atoms with E-state index < -0.39 is 21.9 Å². The first-order valence-corrected chi connectivity index (χ1v) is 13.9. The Hall–Kier alpha value is -3.40. The number of sulfonamides is 1. The lowest BCUT2D eigenvalue weighted by atomic mass is 10.0. The van der Waals surface area contributed by atoms with Crippen molar-refractivity contribution in [3.05, 3.63) is 47.0 Å². The summed E-state index contributed by atoms with van der Waals surface area (Å²) in [7, 11) is -2.15. The van der Waals surface area contributed by atoms with Crippen LogP contribution >= 0.6 is 0 Å². The largest absolute Gasteiger partial charge is 0.481 e. The van der Waals surface area contributed by atoms with E-state index in [0.29, 0.717) is 35.4 Å². The number of furan rings is 1. The van der Waals surface area contributed by atoms with Crippen molar-refractivity contribution < 1.29 is 27.5 Å². The molecule has 190 valence electrons. The minimum atomic E-state index is -3.70. The molecular weight excluding hydrogens is 482 g/mol. The van der Waals surface area contributed by atoms with Gasteiger partial charge in [0, 0.05) is 19.2 Å². The number of benzene rings is 1.